The number of hydrogen-bond acceptors (Lipinski definition) is 4. The van der Waals surface area contributed by atoms with E-state index in [-0.39, 0.29) is 12.5 Å². The van der Waals surface area contributed by atoms with Crippen LogP contribution in [0.1, 0.15) is 0 Å². The molecule has 8 heteroatoms. The summed E-state index contributed by atoms with van der Waals surface area (Å²) in [4.78, 5) is 16.8. The third kappa shape index (κ3) is 5.60. The van der Waals surface area contributed by atoms with Crippen molar-refractivity contribution in [3.05, 3.63) is 81.8 Å². The molecule has 4 rings (SSSR count). The van der Waals surface area contributed by atoms with Crippen LogP contribution in [0.2, 0.25) is 15.1 Å². The minimum Gasteiger partial charge on any atom is -0.480 e. The molecule has 5 nitrogen and oxygen atoms in total. The molecule has 1 heterocycles. The molecule has 0 radical (unpaired) electrons. The summed E-state index contributed by atoms with van der Waals surface area (Å²) in [6.45, 7) is 2.70. The Hall–Kier alpha value is -2.60. The van der Waals surface area contributed by atoms with Crippen LogP contribution in [0.25, 0.3) is 0 Å². The van der Waals surface area contributed by atoms with E-state index in [2.05, 4.69) is 17.0 Å². The van der Waals surface area contributed by atoms with Crippen molar-refractivity contribution in [1.82, 2.24) is 4.90 Å². The minimum atomic E-state index is -0.115. The Bertz CT molecular complexity index is 1090. The van der Waals surface area contributed by atoms with Gasteiger partial charge < -0.3 is 19.3 Å². The minimum absolute atomic E-state index is 0.0897. The third-order valence-electron chi connectivity index (χ3n) is 5.12. The lowest BCUT2D eigenvalue weighted by Crippen LogP contribution is -2.50. The van der Waals surface area contributed by atoms with Crippen LogP contribution in [-0.4, -0.2) is 43.6 Å². The van der Waals surface area contributed by atoms with Crippen molar-refractivity contribution in [2.45, 2.75) is 0 Å². The predicted octanol–water partition coefficient (Wildman–Crippen LogP) is 6.17. The maximum atomic E-state index is 12.7. The topological polar surface area (TPSA) is 42.0 Å². The van der Waals surface area contributed by atoms with Gasteiger partial charge in [-0.3, -0.25) is 4.79 Å². The van der Waals surface area contributed by atoms with Crippen molar-refractivity contribution in [2.24, 2.45) is 0 Å². The van der Waals surface area contributed by atoms with Crippen LogP contribution in [0.15, 0.2) is 66.7 Å². The average molecular weight is 492 g/mol. The predicted molar refractivity (Wildman–Crippen MR) is 129 cm³/mol. The molecule has 3 aromatic carbocycles. The van der Waals surface area contributed by atoms with Gasteiger partial charge in [-0.1, -0.05) is 53.0 Å². The third-order valence-corrected chi connectivity index (χ3v) is 5.89. The maximum Gasteiger partial charge on any atom is 0.260 e. The molecule has 0 spiro atoms. The summed E-state index contributed by atoms with van der Waals surface area (Å²) in [6, 6.07) is 20.1. The van der Waals surface area contributed by atoms with Crippen LogP contribution in [0, 0.1) is 0 Å². The van der Waals surface area contributed by atoms with E-state index in [0.717, 1.165) is 18.8 Å². The van der Waals surface area contributed by atoms with E-state index in [9.17, 15) is 4.79 Å². The Kier molecular flexibility index (Phi) is 7.30. The molecule has 0 aromatic heterocycles. The molecule has 1 aliphatic heterocycles. The number of piperazine rings is 1. The van der Waals surface area contributed by atoms with Gasteiger partial charge in [0, 0.05) is 48.0 Å². The van der Waals surface area contributed by atoms with Gasteiger partial charge in [-0.15, -0.1) is 0 Å². The van der Waals surface area contributed by atoms with E-state index in [1.165, 1.54) is 0 Å². The number of rotatable bonds is 6. The molecule has 3 aromatic rings. The molecule has 32 heavy (non-hydrogen) atoms. The molecule has 0 aliphatic carbocycles. The summed E-state index contributed by atoms with van der Waals surface area (Å²) in [5, 5.41) is 1.34. The molecule has 0 atom stereocenters. The first-order valence-corrected chi connectivity index (χ1v) is 11.3. The van der Waals surface area contributed by atoms with Gasteiger partial charge in [-0.25, -0.2) is 0 Å². The number of para-hydroxylation sites is 1. The lowest BCUT2D eigenvalue weighted by molar-refractivity contribution is -0.133. The fourth-order valence-electron chi connectivity index (χ4n) is 3.44. The van der Waals surface area contributed by atoms with Gasteiger partial charge in [0.05, 0.1) is 5.02 Å². The first-order valence-electron chi connectivity index (χ1n) is 10.1. The smallest absolute Gasteiger partial charge is 0.260 e. The van der Waals surface area contributed by atoms with E-state index < -0.39 is 0 Å². The van der Waals surface area contributed by atoms with Crippen molar-refractivity contribution in [1.29, 1.82) is 0 Å². The highest BCUT2D eigenvalue weighted by Gasteiger charge is 2.22. The van der Waals surface area contributed by atoms with Crippen LogP contribution in [0.3, 0.4) is 0 Å². The fraction of sp³-hybridized carbons (Fsp3) is 0.208. The summed E-state index contributed by atoms with van der Waals surface area (Å²) in [5.41, 5.74) is 1.16. The van der Waals surface area contributed by atoms with E-state index >= 15 is 0 Å². The number of anilines is 1. The molecular formula is C24H21Cl3N2O3. The molecule has 0 bridgehead atoms. The molecule has 0 unspecified atom stereocenters. The molecule has 1 fully saturated rings. The second-order valence-corrected chi connectivity index (χ2v) is 8.54. The quantitative estimate of drug-likeness (QED) is 0.414. The summed E-state index contributed by atoms with van der Waals surface area (Å²) < 4.78 is 11.7. The zero-order valence-corrected chi connectivity index (χ0v) is 19.4. The average Bonchev–Trinajstić information content (AvgIpc) is 2.81. The Morgan fingerprint density at radius 2 is 1.44 bits per heavy atom. The highest BCUT2D eigenvalue weighted by molar-refractivity contribution is 6.35. The maximum absolute atomic E-state index is 12.7. The number of carbonyl (C=O) groups is 1. The monoisotopic (exact) mass is 490 g/mol. The Morgan fingerprint density at radius 1 is 0.781 bits per heavy atom. The summed E-state index contributed by atoms with van der Waals surface area (Å²) in [6.07, 6.45) is 0. The molecule has 1 amide bonds. The molecular weight excluding hydrogens is 471 g/mol. The van der Waals surface area contributed by atoms with Crippen LogP contribution in [0.4, 0.5) is 5.69 Å². The highest BCUT2D eigenvalue weighted by atomic mass is 35.5. The Balaban J connectivity index is 1.37. The van der Waals surface area contributed by atoms with Crippen LogP contribution in [0.5, 0.6) is 17.2 Å². The second kappa shape index (κ2) is 10.3. The normalized spacial score (nSPS) is 13.7. The standard InChI is InChI=1S/C24H21Cl3N2O3/c25-17-6-8-21(20(27)14-17)32-22-9-7-18(26)15-23(22)31-16-24(30)29-12-10-28(11-13-29)19-4-2-1-3-5-19/h1-9,14-15H,10-13,16H2. The zero-order valence-electron chi connectivity index (χ0n) is 17.1. The first-order chi connectivity index (χ1) is 15.5. The van der Waals surface area contributed by atoms with E-state index in [0.29, 0.717) is 45.4 Å². The molecule has 1 aliphatic rings. The van der Waals surface area contributed by atoms with Crippen molar-refractivity contribution < 1.29 is 14.3 Å². The van der Waals surface area contributed by atoms with E-state index in [1.807, 2.05) is 18.2 Å². The molecule has 166 valence electrons. The number of amides is 1. The summed E-state index contributed by atoms with van der Waals surface area (Å²) >= 11 is 18.3. The number of nitrogens with zero attached hydrogens (tertiary/aromatic N) is 2. The number of benzene rings is 3. The first kappa shape index (κ1) is 22.6. The summed E-state index contributed by atoms with van der Waals surface area (Å²) in [5.74, 6) is 1.10. The summed E-state index contributed by atoms with van der Waals surface area (Å²) in [7, 11) is 0. The van der Waals surface area contributed by atoms with Crippen molar-refractivity contribution >= 4 is 46.4 Å². The number of carbonyl (C=O) groups excluding carboxylic acids is 1. The molecule has 0 saturated carbocycles. The zero-order chi connectivity index (χ0) is 22.5. The van der Waals surface area contributed by atoms with Gasteiger partial charge in [0.15, 0.2) is 18.1 Å². The van der Waals surface area contributed by atoms with Gasteiger partial charge in [0.25, 0.3) is 5.91 Å². The van der Waals surface area contributed by atoms with Gasteiger partial charge in [-0.2, -0.15) is 0 Å². The fourth-order valence-corrected chi connectivity index (χ4v) is 4.05. The number of hydrogen-bond donors (Lipinski definition) is 0. The van der Waals surface area contributed by atoms with Gasteiger partial charge in [0.1, 0.15) is 5.75 Å². The molecule has 1 saturated heterocycles. The van der Waals surface area contributed by atoms with Gasteiger partial charge in [-0.05, 0) is 42.5 Å². The SMILES string of the molecule is O=C(COc1cc(Cl)ccc1Oc1ccc(Cl)cc1Cl)N1CCN(c2ccccc2)CC1. The molecule has 0 N–H and O–H groups in total. The lowest BCUT2D eigenvalue weighted by atomic mass is 10.2. The Morgan fingerprint density at radius 3 is 2.12 bits per heavy atom. The largest absolute Gasteiger partial charge is 0.480 e. The number of halogens is 3. The van der Waals surface area contributed by atoms with Crippen molar-refractivity contribution in [3.8, 4) is 17.2 Å². The van der Waals surface area contributed by atoms with Crippen LogP contribution < -0.4 is 14.4 Å². The van der Waals surface area contributed by atoms with Gasteiger partial charge in [0.2, 0.25) is 0 Å². The Labute approximate surface area is 202 Å². The van der Waals surface area contributed by atoms with Crippen molar-refractivity contribution in [2.75, 3.05) is 37.7 Å². The second-order valence-electron chi connectivity index (χ2n) is 7.26. The van der Waals surface area contributed by atoms with Gasteiger partial charge >= 0.3 is 0 Å². The van der Waals surface area contributed by atoms with Crippen molar-refractivity contribution in [3.63, 3.8) is 0 Å². The van der Waals surface area contributed by atoms with E-state index in [1.54, 1.807) is 41.3 Å². The number of ether oxygens (including phenoxy) is 2. The lowest BCUT2D eigenvalue weighted by Gasteiger charge is -2.36. The van der Waals surface area contributed by atoms with Crippen LogP contribution in [-0.2, 0) is 4.79 Å². The highest BCUT2D eigenvalue weighted by Crippen LogP contribution is 2.37. The van der Waals surface area contributed by atoms with Crippen LogP contribution >= 0.6 is 34.8 Å². The van der Waals surface area contributed by atoms with E-state index in [4.69, 9.17) is 44.3 Å².